The molecular weight excluding hydrogens is 202 g/mol. The van der Waals surface area contributed by atoms with Crippen LogP contribution in [0.15, 0.2) is 0 Å². The lowest BCUT2D eigenvalue weighted by Crippen LogP contribution is -2.20. The topological polar surface area (TPSA) is 38.3 Å². The first-order valence-electron chi connectivity index (χ1n) is 6.47. The molecule has 3 nitrogen and oxygen atoms in total. The molecule has 1 N–H and O–H groups in total. The molecule has 0 fully saturated rings. The lowest BCUT2D eigenvalue weighted by molar-refractivity contribution is -0.120. The summed E-state index contributed by atoms with van der Waals surface area (Å²) in [6.07, 6.45) is 3.39. The largest absolute Gasteiger partial charge is 0.380 e. The predicted octanol–water partition coefficient (Wildman–Crippen LogP) is 2.40. The molecule has 0 aromatic rings. The van der Waals surface area contributed by atoms with Crippen molar-refractivity contribution < 1.29 is 9.53 Å². The first-order chi connectivity index (χ1) is 7.66. The zero-order valence-corrected chi connectivity index (χ0v) is 11.1. The van der Waals surface area contributed by atoms with Crippen LogP contribution in [0.5, 0.6) is 0 Å². The molecule has 3 heteroatoms. The minimum absolute atomic E-state index is 0.364. The maximum Gasteiger partial charge on any atom is 0.133 e. The SMILES string of the molecule is CCCNCCOCCCC(=O)CC(C)C. The fourth-order valence-corrected chi connectivity index (χ4v) is 1.48. The maximum atomic E-state index is 11.4. The Morgan fingerprint density at radius 2 is 2.00 bits per heavy atom. The predicted molar refractivity (Wildman–Crippen MR) is 67.7 cm³/mol. The average molecular weight is 229 g/mol. The van der Waals surface area contributed by atoms with Crippen LogP contribution in [0, 0.1) is 5.92 Å². The fraction of sp³-hybridized carbons (Fsp3) is 0.923. The van der Waals surface area contributed by atoms with E-state index in [1.807, 2.05) is 0 Å². The van der Waals surface area contributed by atoms with Crippen LogP contribution in [-0.2, 0) is 9.53 Å². The smallest absolute Gasteiger partial charge is 0.133 e. The van der Waals surface area contributed by atoms with Gasteiger partial charge in [0.1, 0.15) is 5.78 Å². The number of carbonyl (C=O) groups is 1. The van der Waals surface area contributed by atoms with Gasteiger partial charge in [-0.15, -0.1) is 0 Å². The number of Topliss-reactive ketones (excluding diaryl/α,β-unsaturated/α-hetero) is 1. The van der Waals surface area contributed by atoms with E-state index in [1.54, 1.807) is 0 Å². The molecule has 0 aliphatic carbocycles. The van der Waals surface area contributed by atoms with Gasteiger partial charge < -0.3 is 10.1 Å². The number of hydrogen-bond donors (Lipinski definition) is 1. The van der Waals surface area contributed by atoms with E-state index < -0.39 is 0 Å². The Hall–Kier alpha value is -0.410. The van der Waals surface area contributed by atoms with Crippen LogP contribution < -0.4 is 5.32 Å². The van der Waals surface area contributed by atoms with Crippen molar-refractivity contribution in [3.8, 4) is 0 Å². The Morgan fingerprint density at radius 3 is 2.62 bits per heavy atom. The first kappa shape index (κ1) is 15.6. The zero-order valence-electron chi connectivity index (χ0n) is 11.1. The molecule has 0 atom stereocenters. The Balaban J connectivity index is 3.11. The van der Waals surface area contributed by atoms with E-state index in [0.29, 0.717) is 31.1 Å². The molecule has 96 valence electrons. The van der Waals surface area contributed by atoms with Crippen molar-refractivity contribution in [1.29, 1.82) is 0 Å². The third kappa shape index (κ3) is 11.7. The van der Waals surface area contributed by atoms with Crippen LogP contribution >= 0.6 is 0 Å². The second-order valence-corrected chi connectivity index (χ2v) is 4.60. The number of ketones is 1. The van der Waals surface area contributed by atoms with Gasteiger partial charge in [-0.2, -0.15) is 0 Å². The van der Waals surface area contributed by atoms with Crippen molar-refractivity contribution in [2.75, 3.05) is 26.3 Å². The molecule has 0 unspecified atom stereocenters. The standard InChI is InChI=1S/C13H27NO2/c1-4-7-14-8-10-16-9-5-6-13(15)11-12(2)3/h12,14H,4-11H2,1-3H3. The molecule has 0 saturated carbocycles. The highest BCUT2D eigenvalue weighted by molar-refractivity contribution is 5.78. The molecule has 0 aromatic carbocycles. The second-order valence-electron chi connectivity index (χ2n) is 4.60. The Morgan fingerprint density at radius 1 is 1.25 bits per heavy atom. The lowest BCUT2D eigenvalue weighted by Gasteiger charge is -2.06. The molecule has 16 heavy (non-hydrogen) atoms. The van der Waals surface area contributed by atoms with Gasteiger partial charge in [-0.25, -0.2) is 0 Å². The van der Waals surface area contributed by atoms with E-state index in [1.165, 1.54) is 0 Å². The number of rotatable bonds is 11. The van der Waals surface area contributed by atoms with Crippen LogP contribution in [0.3, 0.4) is 0 Å². The van der Waals surface area contributed by atoms with Crippen LogP contribution in [-0.4, -0.2) is 32.1 Å². The van der Waals surface area contributed by atoms with E-state index in [-0.39, 0.29) is 0 Å². The van der Waals surface area contributed by atoms with Crippen LogP contribution in [0.25, 0.3) is 0 Å². The number of hydrogen-bond acceptors (Lipinski definition) is 3. The summed E-state index contributed by atoms with van der Waals surface area (Å²) in [4.78, 5) is 11.4. The lowest BCUT2D eigenvalue weighted by atomic mass is 10.0. The number of carbonyl (C=O) groups excluding carboxylic acids is 1. The minimum atomic E-state index is 0.364. The monoisotopic (exact) mass is 229 g/mol. The molecule has 0 aliphatic heterocycles. The highest BCUT2D eigenvalue weighted by Crippen LogP contribution is 2.04. The summed E-state index contributed by atoms with van der Waals surface area (Å²) in [6.45, 7) is 9.72. The van der Waals surface area contributed by atoms with Gasteiger partial charge in [0, 0.05) is 26.0 Å². The van der Waals surface area contributed by atoms with Gasteiger partial charge in [-0.1, -0.05) is 20.8 Å². The van der Waals surface area contributed by atoms with Gasteiger partial charge in [0.05, 0.1) is 6.61 Å². The zero-order chi connectivity index (χ0) is 12.2. The third-order valence-corrected chi connectivity index (χ3v) is 2.23. The summed E-state index contributed by atoms with van der Waals surface area (Å²) >= 11 is 0. The van der Waals surface area contributed by atoms with Gasteiger partial charge in [-0.05, 0) is 25.3 Å². The summed E-state index contributed by atoms with van der Waals surface area (Å²) in [5.41, 5.74) is 0. The summed E-state index contributed by atoms with van der Waals surface area (Å²) in [7, 11) is 0. The highest BCUT2D eigenvalue weighted by atomic mass is 16.5. The normalized spacial score (nSPS) is 11.0. The van der Waals surface area contributed by atoms with Gasteiger partial charge >= 0.3 is 0 Å². The summed E-state index contributed by atoms with van der Waals surface area (Å²) in [5, 5.41) is 3.27. The molecule has 0 aliphatic rings. The molecule has 0 saturated heterocycles. The van der Waals surface area contributed by atoms with Crippen molar-refractivity contribution >= 4 is 5.78 Å². The number of ether oxygens (including phenoxy) is 1. The molecule has 0 amide bonds. The molecule has 0 radical (unpaired) electrons. The van der Waals surface area contributed by atoms with Crippen LogP contribution in [0.2, 0.25) is 0 Å². The first-order valence-corrected chi connectivity index (χ1v) is 6.47. The fourth-order valence-electron chi connectivity index (χ4n) is 1.48. The Labute approximate surface area is 99.9 Å². The quantitative estimate of drug-likeness (QED) is 0.553. The molecule has 0 spiro atoms. The summed E-state index contributed by atoms with van der Waals surface area (Å²) in [6, 6.07) is 0. The van der Waals surface area contributed by atoms with Gasteiger partial charge in [0.2, 0.25) is 0 Å². The van der Waals surface area contributed by atoms with E-state index in [9.17, 15) is 4.79 Å². The van der Waals surface area contributed by atoms with Gasteiger partial charge in [0.15, 0.2) is 0 Å². The number of nitrogens with one attached hydrogen (secondary N) is 1. The van der Waals surface area contributed by atoms with Gasteiger partial charge in [0.25, 0.3) is 0 Å². The molecule has 0 rings (SSSR count). The minimum Gasteiger partial charge on any atom is -0.380 e. The molecule has 0 aromatic heterocycles. The Kier molecular flexibility index (Phi) is 10.8. The highest BCUT2D eigenvalue weighted by Gasteiger charge is 2.04. The van der Waals surface area contributed by atoms with Crippen LogP contribution in [0.4, 0.5) is 0 Å². The molecular formula is C13H27NO2. The van der Waals surface area contributed by atoms with E-state index >= 15 is 0 Å². The van der Waals surface area contributed by atoms with Crippen molar-refractivity contribution in [3.63, 3.8) is 0 Å². The van der Waals surface area contributed by atoms with Crippen LogP contribution in [0.1, 0.15) is 46.5 Å². The maximum absolute atomic E-state index is 11.4. The van der Waals surface area contributed by atoms with Crippen molar-refractivity contribution in [2.24, 2.45) is 5.92 Å². The van der Waals surface area contributed by atoms with Crippen molar-refractivity contribution in [3.05, 3.63) is 0 Å². The third-order valence-electron chi connectivity index (χ3n) is 2.23. The Bertz CT molecular complexity index is 169. The van der Waals surface area contributed by atoms with Gasteiger partial charge in [-0.3, -0.25) is 4.79 Å². The summed E-state index contributed by atoms with van der Waals surface area (Å²) in [5.74, 6) is 0.842. The van der Waals surface area contributed by atoms with Crippen molar-refractivity contribution in [1.82, 2.24) is 5.32 Å². The van der Waals surface area contributed by atoms with E-state index in [4.69, 9.17) is 4.74 Å². The second kappa shape index (κ2) is 11.1. The van der Waals surface area contributed by atoms with Crippen molar-refractivity contribution in [2.45, 2.75) is 46.5 Å². The van der Waals surface area contributed by atoms with E-state index in [2.05, 4.69) is 26.1 Å². The molecule has 0 heterocycles. The van der Waals surface area contributed by atoms with E-state index in [0.717, 1.165) is 32.5 Å². The average Bonchev–Trinajstić information content (AvgIpc) is 2.21. The molecule has 0 bridgehead atoms. The summed E-state index contributed by atoms with van der Waals surface area (Å²) < 4.78 is 5.42.